The third kappa shape index (κ3) is 3.23. The van der Waals surface area contributed by atoms with Crippen LogP contribution < -0.4 is 4.90 Å². The van der Waals surface area contributed by atoms with Crippen LogP contribution in [0, 0.1) is 0 Å². The molecule has 2 atom stereocenters. The molecule has 0 amide bonds. The molecule has 0 aliphatic carbocycles. The molecule has 2 aliphatic rings. The molecule has 2 aliphatic heterocycles. The van der Waals surface area contributed by atoms with E-state index in [0.29, 0.717) is 30.2 Å². The summed E-state index contributed by atoms with van der Waals surface area (Å²) in [7, 11) is 0. The van der Waals surface area contributed by atoms with E-state index < -0.39 is 0 Å². The number of piperazine rings is 1. The van der Waals surface area contributed by atoms with Crippen molar-refractivity contribution < 1.29 is 9.53 Å². The maximum atomic E-state index is 11.8. The zero-order valence-corrected chi connectivity index (χ0v) is 16.9. The van der Waals surface area contributed by atoms with Gasteiger partial charge in [0.1, 0.15) is 0 Å². The van der Waals surface area contributed by atoms with Gasteiger partial charge in [-0.1, -0.05) is 60.7 Å². The van der Waals surface area contributed by atoms with Gasteiger partial charge < -0.3 is 9.64 Å². The Balaban J connectivity index is 1.31. The average molecular weight is 400 g/mol. The molecule has 0 radical (unpaired) electrons. The van der Waals surface area contributed by atoms with Crippen LogP contribution in [0.15, 0.2) is 73.1 Å². The number of likely N-dealkylation sites (tertiary alicyclic amines) is 1. The molecule has 3 heterocycles. The number of hydrogen-bond donors (Lipinski definition) is 0. The lowest BCUT2D eigenvalue weighted by Crippen LogP contribution is -2.79. The first kappa shape index (κ1) is 18.8. The first-order valence-corrected chi connectivity index (χ1v) is 10.4. The van der Waals surface area contributed by atoms with E-state index in [2.05, 4.69) is 80.4 Å². The van der Waals surface area contributed by atoms with Gasteiger partial charge in [-0.05, 0) is 18.1 Å². The van der Waals surface area contributed by atoms with Crippen molar-refractivity contribution in [1.82, 2.24) is 14.9 Å². The summed E-state index contributed by atoms with van der Waals surface area (Å²) in [5, 5.41) is 0. The molecule has 0 saturated carbocycles. The topological polar surface area (TPSA) is 58.6 Å². The predicted molar refractivity (Wildman–Crippen MR) is 114 cm³/mol. The first-order chi connectivity index (χ1) is 14.8. The molecule has 2 fully saturated rings. The van der Waals surface area contributed by atoms with Crippen molar-refractivity contribution in [2.45, 2.75) is 25.0 Å². The van der Waals surface area contributed by atoms with Crippen molar-refractivity contribution in [1.29, 1.82) is 0 Å². The minimum Gasteiger partial charge on any atom is -0.462 e. The van der Waals surface area contributed by atoms with Crippen molar-refractivity contribution in [3.05, 3.63) is 89.7 Å². The highest BCUT2D eigenvalue weighted by Gasteiger charge is 2.54. The first-order valence-electron chi connectivity index (χ1n) is 10.4. The lowest BCUT2D eigenvalue weighted by Gasteiger charge is -2.64. The molecule has 5 rings (SSSR count). The van der Waals surface area contributed by atoms with Gasteiger partial charge in [-0.25, -0.2) is 14.8 Å². The van der Waals surface area contributed by atoms with Gasteiger partial charge in [0.2, 0.25) is 5.95 Å². The van der Waals surface area contributed by atoms with E-state index in [1.54, 1.807) is 19.3 Å². The second-order valence-corrected chi connectivity index (χ2v) is 7.70. The highest BCUT2D eigenvalue weighted by atomic mass is 16.5. The molecule has 30 heavy (non-hydrogen) atoms. The average Bonchev–Trinajstić information content (AvgIpc) is 2.79. The van der Waals surface area contributed by atoms with Crippen molar-refractivity contribution >= 4 is 11.9 Å². The number of ether oxygens (including phenoxy) is 1. The largest absolute Gasteiger partial charge is 0.462 e. The van der Waals surface area contributed by atoms with Gasteiger partial charge in [-0.2, -0.15) is 0 Å². The van der Waals surface area contributed by atoms with Crippen LogP contribution in [-0.4, -0.2) is 52.6 Å². The van der Waals surface area contributed by atoms with Crippen molar-refractivity contribution in [2.75, 3.05) is 24.6 Å². The lowest BCUT2D eigenvalue weighted by atomic mass is 9.81. The van der Waals surface area contributed by atoms with Crippen LogP contribution in [0.3, 0.4) is 0 Å². The lowest BCUT2D eigenvalue weighted by molar-refractivity contribution is -0.0151. The van der Waals surface area contributed by atoms with Crippen molar-refractivity contribution in [2.24, 2.45) is 0 Å². The number of carbonyl (C=O) groups excluding carboxylic acids is 1. The number of esters is 1. The third-order valence-electron chi connectivity index (χ3n) is 6.02. The minimum atomic E-state index is -0.381. The summed E-state index contributed by atoms with van der Waals surface area (Å²) >= 11 is 0. The van der Waals surface area contributed by atoms with E-state index >= 15 is 0 Å². The Bertz CT molecular complexity index is 971. The Morgan fingerprint density at radius 1 is 0.967 bits per heavy atom. The van der Waals surface area contributed by atoms with Crippen LogP contribution in [-0.2, 0) is 4.74 Å². The minimum absolute atomic E-state index is 0.253. The fourth-order valence-corrected chi connectivity index (χ4v) is 4.45. The SMILES string of the molecule is CCOC(=O)c1cnc(N2CC3C2CN3C(c2ccccc2)c2ccccc2)nc1. The fraction of sp³-hybridized carbons (Fsp3) is 0.292. The Morgan fingerprint density at radius 2 is 1.57 bits per heavy atom. The van der Waals surface area contributed by atoms with Crippen molar-refractivity contribution in [3.63, 3.8) is 0 Å². The summed E-state index contributed by atoms with van der Waals surface area (Å²) in [5.74, 6) is 0.300. The van der Waals surface area contributed by atoms with E-state index in [0.717, 1.165) is 13.1 Å². The van der Waals surface area contributed by atoms with E-state index in [1.807, 2.05) is 0 Å². The monoisotopic (exact) mass is 400 g/mol. The number of carbonyl (C=O) groups is 1. The van der Waals surface area contributed by atoms with Crippen LogP contribution in [0.4, 0.5) is 5.95 Å². The van der Waals surface area contributed by atoms with Gasteiger partial charge in [-0.3, -0.25) is 4.90 Å². The third-order valence-corrected chi connectivity index (χ3v) is 6.02. The Hall–Kier alpha value is -3.25. The smallest absolute Gasteiger partial charge is 0.341 e. The standard InChI is InChI=1S/C24H24N4O2/c1-2-30-23(29)19-13-25-24(26-14-19)28-16-20-21(28)15-27(20)22(17-9-5-3-6-10-17)18-11-7-4-8-12-18/h3-14,20-22H,2,15-16H2,1H3. The molecule has 2 aromatic carbocycles. The Labute approximate surface area is 176 Å². The zero-order chi connectivity index (χ0) is 20.5. The second kappa shape index (κ2) is 7.88. The summed E-state index contributed by atoms with van der Waals surface area (Å²) in [6.45, 7) is 3.98. The second-order valence-electron chi connectivity index (χ2n) is 7.70. The van der Waals surface area contributed by atoms with Gasteiger partial charge in [0.05, 0.1) is 24.3 Å². The molecule has 3 aromatic rings. The molecule has 0 bridgehead atoms. The molecule has 6 heteroatoms. The molecule has 152 valence electrons. The van der Waals surface area contributed by atoms with E-state index in [4.69, 9.17) is 4.74 Å². The summed E-state index contributed by atoms with van der Waals surface area (Å²) in [5.41, 5.74) is 3.02. The van der Waals surface area contributed by atoms with Crippen LogP contribution >= 0.6 is 0 Å². The highest BCUT2D eigenvalue weighted by molar-refractivity contribution is 5.88. The summed E-state index contributed by atoms with van der Waals surface area (Å²) in [4.78, 5) is 25.4. The molecule has 0 spiro atoms. The molecular formula is C24H24N4O2. The number of anilines is 1. The molecule has 2 saturated heterocycles. The number of benzene rings is 2. The molecule has 0 N–H and O–H groups in total. The number of rotatable bonds is 6. The van der Waals surface area contributed by atoms with Gasteiger partial charge in [0.15, 0.2) is 0 Å². The predicted octanol–water partition coefficient (Wildman–Crippen LogP) is 3.32. The molecule has 2 unspecified atom stereocenters. The molecule has 1 aromatic heterocycles. The summed E-state index contributed by atoms with van der Waals surface area (Å²) < 4.78 is 5.00. The van der Waals surface area contributed by atoms with Crippen LogP contribution in [0.5, 0.6) is 0 Å². The van der Waals surface area contributed by atoms with Gasteiger partial charge in [0, 0.05) is 31.5 Å². The highest BCUT2D eigenvalue weighted by Crippen LogP contribution is 2.43. The van der Waals surface area contributed by atoms with Crippen LogP contribution in [0.2, 0.25) is 0 Å². The van der Waals surface area contributed by atoms with Gasteiger partial charge in [0.25, 0.3) is 0 Å². The van der Waals surface area contributed by atoms with E-state index in [1.165, 1.54) is 11.1 Å². The fourth-order valence-electron chi connectivity index (χ4n) is 4.45. The van der Waals surface area contributed by atoms with Crippen LogP contribution in [0.25, 0.3) is 0 Å². The quantitative estimate of drug-likeness (QED) is 0.592. The normalized spacial score (nSPS) is 20.3. The number of nitrogens with zero attached hydrogens (tertiary/aromatic N) is 4. The maximum Gasteiger partial charge on any atom is 0.341 e. The zero-order valence-electron chi connectivity index (χ0n) is 16.9. The number of hydrogen-bond acceptors (Lipinski definition) is 6. The Kier molecular flexibility index (Phi) is 4.93. The Morgan fingerprint density at radius 3 is 2.07 bits per heavy atom. The van der Waals surface area contributed by atoms with Crippen molar-refractivity contribution in [3.8, 4) is 0 Å². The number of fused-ring (bicyclic) bond motifs is 1. The summed E-state index contributed by atoms with van der Waals surface area (Å²) in [6.07, 6.45) is 3.11. The van der Waals surface area contributed by atoms with E-state index in [-0.39, 0.29) is 12.0 Å². The van der Waals surface area contributed by atoms with E-state index in [9.17, 15) is 4.79 Å². The van der Waals surface area contributed by atoms with Crippen LogP contribution in [0.1, 0.15) is 34.5 Å². The molecular weight excluding hydrogens is 376 g/mol. The molecule has 6 nitrogen and oxygen atoms in total. The number of aromatic nitrogens is 2. The van der Waals surface area contributed by atoms with Gasteiger partial charge >= 0.3 is 5.97 Å². The van der Waals surface area contributed by atoms with Gasteiger partial charge in [-0.15, -0.1) is 0 Å². The summed E-state index contributed by atoms with van der Waals surface area (Å²) in [6, 6.07) is 22.5. The maximum absolute atomic E-state index is 11.8.